The molecule has 0 spiro atoms. The average Bonchev–Trinajstić information content (AvgIpc) is 2.73. The summed E-state index contributed by atoms with van der Waals surface area (Å²) in [5.41, 5.74) is -0.776. The highest BCUT2D eigenvalue weighted by atomic mass is 19.4. The van der Waals surface area contributed by atoms with Crippen LogP contribution in [0, 0.1) is 5.92 Å². The molecular weight excluding hydrogens is 397 g/mol. The molecule has 0 unspecified atom stereocenters. The van der Waals surface area contributed by atoms with Crippen molar-refractivity contribution in [1.82, 2.24) is 0 Å². The second-order valence-electron chi connectivity index (χ2n) is 7.31. The number of nitrogens with one attached hydrogen (secondary N) is 2. The molecule has 1 fully saturated rings. The molecule has 0 saturated heterocycles. The van der Waals surface area contributed by atoms with Crippen LogP contribution >= 0.6 is 0 Å². The molecule has 0 radical (unpaired) electrons. The minimum Gasteiger partial charge on any atom is -0.497 e. The van der Waals surface area contributed by atoms with E-state index in [-0.39, 0.29) is 28.8 Å². The van der Waals surface area contributed by atoms with Crippen molar-refractivity contribution in [2.45, 2.75) is 38.3 Å². The third kappa shape index (κ3) is 5.52. The van der Waals surface area contributed by atoms with Crippen molar-refractivity contribution < 1.29 is 27.5 Å². The summed E-state index contributed by atoms with van der Waals surface area (Å²) >= 11 is 0. The van der Waals surface area contributed by atoms with Crippen molar-refractivity contribution in [3.63, 3.8) is 0 Å². The van der Waals surface area contributed by atoms with Crippen LogP contribution in [0.25, 0.3) is 0 Å². The van der Waals surface area contributed by atoms with Gasteiger partial charge in [0.15, 0.2) is 0 Å². The summed E-state index contributed by atoms with van der Waals surface area (Å²) in [6.45, 7) is 0. The standard InChI is InChI=1S/C22H23F3N2O3/c1-30-19-9-5-8-15(10-19)21(29)27-18-12-16(22(23,24)25)11-17(13-18)26-20(28)14-6-3-2-4-7-14/h5,8-14H,2-4,6-7H2,1H3,(H,26,28)(H,27,29). The van der Waals surface area contributed by atoms with E-state index < -0.39 is 17.6 Å². The second kappa shape index (κ2) is 9.19. The van der Waals surface area contributed by atoms with E-state index in [1.165, 1.54) is 25.3 Å². The molecule has 1 aliphatic rings. The zero-order valence-electron chi connectivity index (χ0n) is 16.5. The summed E-state index contributed by atoms with van der Waals surface area (Å²) in [6, 6.07) is 9.31. The van der Waals surface area contributed by atoms with Gasteiger partial charge in [-0.3, -0.25) is 9.59 Å². The number of amides is 2. The van der Waals surface area contributed by atoms with Gasteiger partial charge in [0.05, 0.1) is 12.7 Å². The lowest BCUT2D eigenvalue weighted by molar-refractivity contribution is -0.137. The molecule has 30 heavy (non-hydrogen) atoms. The quantitative estimate of drug-likeness (QED) is 0.673. The lowest BCUT2D eigenvalue weighted by Gasteiger charge is -2.21. The number of carbonyl (C=O) groups is 2. The number of anilines is 2. The zero-order chi connectivity index (χ0) is 21.7. The van der Waals surface area contributed by atoms with Crippen LogP contribution in [0.3, 0.4) is 0 Å². The Morgan fingerprint density at radius 2 is 1.63 bits per heavy atom. The number of alkyl halides is 3. The topological polar surface area (TPSA) is 67.4 Å². The first-order valence-corrected chi connectivity index (χ1v) is 9.75. The fraction of sp³-hybridized carbons (Fsp3) is 0.364. The first-order valence-electron chi connectivity index (χ1n) is 9.75. The van der Waals surface area contributed by atoms with E-state index in [9.17, 15) is 22.8 Å². The summed E-state index contributed by atoms with van der Waals surface area (Å²) in [5.74, 6) is -0.632. The van der Waals surface area contributed by atoms with E-state index in [2.05, 4.69) is 10.6 Å². The van der Waals surface area contributed by atoms with E-state index >= 15 is 0 Å². The lowest BCUT2D eigenvalue weighted by Crippen LogP contribution is -2.25. The largest absolute Gasteiger partial charge is 0.497 e. The minimum atomic E-state index is -4.62. The number of ether oxygens (including phenoxy) is 1. The van der Waals surface area contributed by atoms with Gasteiger partial charge in [-0.2, -0.15) is 13.2 Å². The van der Waals surface area contributed by atoms with Gasteiger partial charge in [0.25, 0.3) is 5.91 Å². The Morgan fingerprint density at radius 1 is 0.967 bits per heavy atom. The third-order valence-corrected chi connectivity index (χ3v) is 5.09. The number of methoxy groups -OCH3 is 1. The highest BCUT2D eigenvalue weighted by molar-refractivity contribution is 6.05. The lowest BCUT2D eigenvalue weighted by atomic mass is 9.88. The monoisotopic (exact) mass is 420 g/mol. The Labute approximate surface area is 172 Å². The first-order chi connectivity index (χ1) is 14.3. The Morgan fingerprint density at radius 3 is 2.27 bits per heavy atom. The molecule has 0 aromatic heterocycles. The molecule has 1 aliphatic carbocycles. The molecule has 0 bridgehead atoms. The summed E-state index contributed by atoms with van der Waals surface area (Å²) in [6.07, 6.45) is -0.242. The SMILES string of the molecule is COc1cccc(C(=O)Nc2cc(NC(=O)C3CCCCC3)cc(C(F)(F)F)c2)c1. The van der Waals surface area contributed by atoms with Crippen LogP contribution in [0.4, 0.5) is 24.5 Å². The van der Waals surface area contributed by atoms with Crippen LogP contribution in [0.15, 0.2) is 42.5 Å². The summed E-state index contributed by atoms with van der Waals surface area (Å²) in [7, 11) is 1.45. The Kier molecular flexibility index (Phi) is 6.64. The maximum Gasteiger partial charge on any atom is 0.416 e. The third-order valence-electron chi connectivity index (χ3n) is 5.09. The number of hydrogen-bond donors (Lipinski definition) is 2. The van der Waals surface area contributed by atoms with Crippen molar-refractivity contribution >= 4 is 23.2 Å². The van der Waals surface area contributed by atoms with Crippen LogP contribution in [0.2, 0.25) is 0 Å². The molecule has 8 heteroatoms. The van der Waals surface area contributed by atoms with Crippen molar-refractivity contribution in [2.75, 3.05) is 17.7 Å². The normalized spacial score (nSPS) is 14.8. The average molecular weight is 420 g/mol. The van der Waals surface area contributed by atoms with E-state index in [4.69, 9.17) is 4.74 Å². The van der Waals surface area contributed by atoms with Crippen LogP contribution in [-0.2, 0) is 11.0 Å². The van der Waals surface area contributed by atoms with Crippen molar-refractivity contribution in [1.29, 1.82) is 0 Å². The van der Waals surface area contributed by atoms with Crippen molar-refractivity contribution in [3.05, 3.63) is 53.6 Å². The maximum atomic E-state index is 13.4. The smallest absolute Gasteiger partial charge is 0.416 e. The molecule has 0 atom stereocenters. The fourth-order valence-electron chi connectivity index (χ4n) is 3.51. The molecule has 160 valence electrons. The van der Waals surface area contributed by atoms with Gasteiger partial charge in [0.2, 0.25) is 5.91 Å². The molecule has 2 aromatic rings. The second-order valence-corrected chi connectivity index (χ2v) is 7.31. The number of carbonyl (C=O) groups excluding carboxylic acids is 2. The van der Waals surface area contributed by atoms with E-state index in [0.29, 0.717) is 5.75 Å². The molecule has 3 rings (SSSR count). The molecule has 0 heterocycles. The van der Waals surface area contributed by atoms with Crippen molar-refractivity contribution in [2.24, 2.45) is 5.92 Å². The van der Waals surface area contributed by atoms with E-state index in [1.807, 2.05) is 0 Å². The highest BCUT2D eigenvalue weighted by Gasteiger charge is 2.32. The minimum absolute atomic E-state index is 0.00124. The predicted octanol–water partition coefficient (Wildman–Crippen LogP) is 5.49. The number of halogens is 3. The fourth-order valence-corrected chi connectivity index (χ4v) is 3.51. The maximum absolute atomic E-state index is 13.4. The molecule has 2 amide bonds. The van der Waals surface area contributed by atoms with Gasteiger partial charge in [0, 0.05) is 22.9 Å². The summed E-state index contributed by atoms with van der Waals surface area (Å²) in [4.78, 5) is 24.9. The Balaban J connectivity index is 1.83. The Bertz CT molecular complexity index is 922. The van der Waals surface area contributed by atoms with Gasteiger partial charge in [-0.05, 0) is 49.2 Å². The van der Waals surface area contributed by atoms with Crippen LogP contribution in [0.1, 0.15) is 48.0 Å². The van der Waals surface area contributed by atoms with E-state index in [1.54, 1.807) is 12.1 Å². The van der Waals surface area contributed by atoms with Gasteiger partial charge < -0.3 is 15.4 Å². The number of rotatable bonds is 5. The number of hydrogen-bond acceptors (Lipinski definition) is 3. The molecule has 2 aromatic carbocycles. The molecular formula is C22H23F3N2O3. The van der Waals surface area contributed by atoms with Gasteiger partial charge in [-0.15, -0.1) is 0 Å². The van der Waals surface area contributed by atoms with E-state index in [0.717, 1.165) is 44.2 Å². The van der Waals surface area contributed by atoms with Gasteiger partial charge in [0.1, 0.15) is 5.75 Å². The molecule has 0 aliphatic heterocycles. The predicted molar refractivity (Wildman–Crippen MR) is 108 cm³/mol. The summed E-state index contributed by atoms with van der Waals surface area (Å²) in [5, 5.41) is 5.05. The van der Waals surface area contributed by atoms with Gasteiger partial charge in [-0.25, -0.2) is 0 Å². The highest BCUT2D eigenvalue weighted by Crippen LogP contribution is 2.34. The van der Waals surface area contributed by atoms with Gasteiger partial charge in [-0.1, -0.05) is 25.3 Å². The van der Waals surface area contributed by atoms with Crippen LogP contribution < -0.4 is 15.4 Å². The summed E-state index contributed by atoms with van der Waals surface area (Å²) < 4.78 is 45.1. The van der Waals surface area contributed by atoms with Crippen molar-refractivity contribution in [3.8, 4) is 5.75 Å². The number of benzene rings is 2. The van der Waals surface area contributed by atoms with Gasteiger partial charge >= 0.3 is 6.18 Å². The Hall–Kier alpha value is -3.03. The van der Waals surface area contributed by atoms with Crippen LogP contribution in [0.5, 0.6) is 5.75 Å². The zero-order valence-corrected chi connectivity index (χ0v) is 16.5. The molecule has 1 saturated carbocycles. The first kappa shape index (κ1) is 21.7. The molecule has 2 N–H and O–H groups in total. The van der Waals surface area contributed by atoms with Crippen LogP contribution in [-0.4, -0.2) is 18.9 Å². The molecule has 5 nitrogen and oxygen atoms in total.